The summed E-state index contributed by atoms with van der Waals surface area (Å²) >= 11 is 0. The molecule has 3 aromatic carbocycles. The summed E-state index contributed by atoms with van der Waals surface area (Å²) in [6, 6.07) is 20.6. The lowest BCUT2D eigenvalue weighted by molar-refractivity contribution is 0.590. The Hall–Kier alpha value is -2.59. The molecule has 0 unspecified atom stereocenters. The predicted molar refractivity (Wildman–Crippen MR) is 97.9 cm³/mol. The standard InChI is InChI=1S/C20H17NO2S/c1-14-7-10-16(11-8-14)24(22,23)21-19-6-4-3-5-17(19)18-12-9-15(2)13-20(18)21/h3-13H,1-2H3. The predicted octanol–water partition coefficient (Wildman–Crippen LogP) is 4.65. The van der Waals surface area contributed by atoms with Crippen molar-refractivity contribution in [2.75, 3.05) is 0 Å². The van der Waals surface area contributed by atoms with Crippen LogP contribution in [0.1, 0.15) is 11.1 Å². The summed E-state index contributed by atoms with van der Waals surface area (Å²) in [5.74, 6) is 0. The maximum atomic E-state index is 13.3. The SMILES string of the molecule is Cc1ccc(S(=O)(=O)n2c3ccccc3c3ccc(C)cc32)cc1. The van der Waals surface area contributed by atoms with Gasteiger partial charge in [-0.25, -0.2) is 12.4 Å². The van der Waals surface area contributed by atoms with Crippen LogP contribution in [0.25, 0.3) is 21.8 Å². The number of hydrogen-bond acceptors (Lipinski definition) is 2. The van der Waals surface area contributed by atoms with Gasteiger partial charge in [-0.3, -0.25) is 0 Å². The van der Waals surface area contributed by atoms with Crippen molar-refractivity contribution in [3.63, 3.8) is 0 Å². The molecule has 4 rings (SSSR count). The van der Waals surface area contributed by atoms with E-state index in [1.54, 1.807) is 12.1 Å². The second kappa shape index (κ2) is 5.21. The van der Waals surface area contributed by atoms with Crippen LogP contribution in [0.2, 0.25) is 0 Å². The van der Waals surface area contributed by atoms with Gasteiger partial charge >= 0.3 is 0 Å². The number of nitrogens with zero attached hydrogens (tertiary/aromatic N) is 1. The minimum absolute atomic E-state index is 0.303. The van der Waals surface area contributed by atoms with E-state index in [2.05, 4.69) is 0 Å². The first-order chi connectivity index (χ1) is 11.5. The van der Waals surface area contributed by atoms with Crippen LogP contribution in [0, 0.1) is 13.8 Å². The highest BCUT2D eigenvalue weighted by atomic mass is 32.2. The third-order valence-corrected chi connectivity index (χ3v) is 6.09. The molecule has 24 heavy (non-hydrogen) atoms. The third-order valence-electron chi connectivity index (χ3n) is 4.34. The van der Waals surface area contributed by atoms with Gasteiger partial charge in [-0.2, -0.15) is 0 Å². The molecule has 0 aliphatic carbocycles. The fourth-order valence-corrected chi connectivity index (χ4v) is 4.64. The molecule has 120 valence electrons. The van der Waals surface area contributed by atoms with Crippen molar-refractivity contribution in [1.29, 1.82) is 0 Å². The Balaban J connectivity index is 2.14. The highest BCUT2D eigenvalue weighted by molar-refractivity contribution is 7.90. The Kier molecular flexibility index (Phi) is 3.25. The number of rotatable bonds is 2. The number of aromatic nitrogens is 1. The molecule has 3 nitrogen and oxygen atoms in total. The molecular formula is C20H17NO2S. The first-order valence-corrected chi connectivity index (χ1v) is 9.24. The quantitative estimate of drug-likeness (QED) is 0.535. The van der Waals surface area contributed by atoms with E-state index in [0.717, 1.165) is 27.4 Å². The maximum Gasteiger partial charge on any atom is 0.268 e. The zero-order valence-corrected chi connectivity index (χ0v) is 14.3. The first-order valence-electron chi connectivity index (χ1n) is 7.80. The number of benzene rings is 3. The van der Waals surface area contributed by atoms with E-state index < -0.39 is 10.0 Å². The Labute approximate surface area is 141 Å². The van der Waals surface area contributed by atoms with Crippen molar-refractivity contribution in [3.8, 4) is 0 Å². The molecule has 0 N–H and O–H groups in total. The summed E-state index contributed by atoms with van der Waals surface area (Å²) in [5, 5.41) is 1.90. The molecule has 4 aromatic rings. The van der Waals surface area contributed by atoms with Crippen LogP contribution in [0.3, 0.4) is 0 Å². The summed E-state index contributed by atoms with van der Waals surface area (Å²) in [7, 11) is -3.67. The smallest absolute Gasteiger partial charge is 0.233 e. The molecule has 0 aliphatic rings. The normalized spacial score (nSPS) is 12.1. The van der Waals surface area contributed by atoms with E-state index in [4.69, 9.17) is 0 Å². The Bertz CT molecular complexity index is 1170. The molecule has 0 fully saturated rings. The topological polar surface area (TPSA) is 39.1 Å². The largest absolute Gasteiger partial charge is 0.268 e. The third kappa shape index (κ3) is 2.14. The summed E-state index contributed by atoms with van der Waals surface area (Å²) in [4.78, 5) is 0.303. The van der Waals surface area contributed by atoms with E-state index in [1.165, 1.54) is 3.97 Å². The van der Waals surface area contributed by atoms with Gasteiger partial charge in [-0.05, 0) is 43.7 Å². The van der Waals surface area contributed by atoms with Crippen LogP contribution in [0.15, 0.2) is 71.6 Å². The monoisotopic (exact) mass is 335 g/mol. The van der Waals surface area contributed by atoms with Gasteiger partial charge in [0, 0.05) is 10.8 Å². The van der Waals surface area contributed by atoms with E-state index in [-0.39, 0.29) is 0 Å². The van der Waals surface area contributed by atoms with Gasteiger partial charge in [0.15, 0.2) is 0 Å². The molecule has 4 heteroatoms. The molecule has 0 aliphatic heterocycles. The van der Waals surface area contributed by atoms with Gasteiger partial charge in [-0.15, -0.1) is 0 Å². The van der Waals surface area contributed by atoms with Crippen LogP contribution in [-0.4, -0.2) is 12.4 Å². The van der Waals surface area contributed by atoms with Crippen molar-refractivity contribution in [3.05, 3.63) is 77.9 Å². The highest BCUT2D eigenvalue weighted by Gasteiger charge is 2.22. The maximum absolute atomic E-state index is 13.3. The van der Waals surface area contributed by atoms with Crippen molar-refractivity contribution >= 4 is 31.8 Å². The minimum atomic E-state index is -3.67. The number of aryl methyl sites for hydroxylation is 2. The van der Waals surface area contributed by atoms with Gasteiger partial charge < -0.3 is 0 Å². The average molecular weight is 335 g/mol. The number of para-hydroxylation sites is 1. The van der Waals surface area contributed by atoms with Crippen LogP contribution >= 0.6 is 0 Å². The molecule has 0 atom stereocenters. The van der Waals surface area contributed by atoms with Crippen LogP contribution in [0.5, 0.6) is 0 Å². The molecule has 1 heterocycles. The van der Waals surface area contributed by atoms with E-state index in [0.29, 0.717) is 10.4 Å². The zero-order chi connectivity index (χ0) is 16.9. The van der Waals surface area contributed by atoms with E-state index in [9.17, 15) is 8.42 Å². The summed E-state index contributed by atoms with van der Waals surface area (Å²) in [5.41, 5.74) is 3.49. The van der Waals surface area contributed by atoms with Crippen molar-refractivity contribution in [2.45, 2.75) is 18.7 Å². The second-order valence-electron chi connectivity index (χ2n) is 6.12. The molecule has 0 amide bonds. The van der Waals surface area contributed by atoms with Crippen LogP contribution < -0.4 is 0 Å². The van der Waals surface area contributed by atoms with Crippen LogP contribution in [0.4, 0.5) is 0 Å². The van der Waals surface area contributed by atoms with E-state index in [1.807, 2.05) is 68.4 Å². The van der Waals surface area contributed by atoms with Gasteiger partial charge in [0.1, 0.15) is 0 Å². The molecular weight excluding hydrogens is 318 g/mol. The fraction of sp³-hybridized carbons (Fsp3) is 0.100. The Morgan fingerprint density at radius 2 is 1.33 bits per heavy atom. The molecule has 0 radical (unpaired) electrons. The summed E-state index contributed by atoms with van der Waals surface area (Å²) in [6.45, 7) is 3.92. The molecule has 1 aromatic heterocycles. The molecule has 0 saturated carbocycles. The highest BCUT2D eigenvalue weighted by Crippen LogP contribution is 2.32. The lowest BCUT2D eigenvalue weighted by Gasteiger charge is -2.10. The lowest BCUT2D eigenvalue weighted by Crippen LogP contribution is -2.12. The molecule has 0 saturated heterocycles. The zero-order valence-electron chi connectivity index (χ0n) is 13.5. The second-order valence-corrected chi connectivity index (χ2v) is 7.91. The van der Waals surface area contributed by atoms with E-state index >= 15 is 0 Å². The van der Waals surface area contributed by atoms with Gasteiger partial charge in [0.05, 0.1) is 15.9 Å². The Morgan fingerprint density at radius 1 is 0.708 bits per heavy atom. The van der Waals surface area contributed by atoms with Gasteiger partial charge in [0.25, 0.3) is 10.0 Å². The fourth-order valence-electron chi connectivity index (χ4n) is 3.12. The van der Waals surface area contributed by atoms with Crippen molar-refractivity contribution < 1.29 is 8.42 Å². The summed E-state index contributed by atoms with van der Waals surface area (Å²) in [6.07, 6.45) is 0. The van der Waals surface area contributed by atoms with Gasteiger partial charge in [-0.1, -0.05) is 48.0 Å². The molecule has 0 bridgehead atoms. The number of fused-ring (bicyclic) bond motifs is 3. The first kappa shape index (κ1) is 15.0. The van der Waals surface area contributed by atoms with Crippen molar-refractivity contribution in [1.82, 2.24) is 3.97 Å². The van der Waals surface area contributed by atoms with Crippen LogP contribution in [-0.2, 0) is 10.0 Å². The van der Waals surface area contributed by atoms with Gasteiger partial charge in [0.2, 0.25) is 0 Å². The average Bonchev–Trinajstić information content (AvgIpc) is 2.89. The van der Waals surface area contributed by atoms with Crippen molar-refractivity contribution in [2.24, 2.45) is 0 Å². The minimum Gasteiger partial charge on any atom is -0.233 e. The number of hydrogen-bond donors (Lipinski definition) is 0. The molecule has 0 spiro atoms. The summed E-state index contributed by atoms with van der Waals surface area (Å²) < 4.78 is 28.1. The Morgan fingerprint density at radius 3 is 2.08 bits per heavy atom. The lowest BCUT2D eigenvalue weighted by atomic mass is 10.1.